The highest BCUT2D eigenvalue weighted by molar-refractivity contribution is 5.80. The number of methoxy groups -OCH3 is 1. The van der Waals surface area contributed by atoms with E-state index in [1.807, 2.05) is 19.2 Å². The first-order chi connectivity index (χ1) is 11.8. The van der Waals surface area contributed by atoms with Crippen molar-refractivity contribution in [3.8, 4) is 5.75 Å². The molecule has 24 heavy (non-hydrogen) atoms. The number of benzene rings is 2. The maximum Gasteiger partial charge on any atom is 0.193 e. The molecule has 0 spiro atoms. The quantitative estimate of drug-likeness (QED) is 0.694. The lowest BCUT2D eigenvalue weighted by Crippen LogP contribution is -2.44. The van der Waals surface area contributed by atoms with Crippen LogP contribution in [0.3, 0.4) is 0 Å². The molecule has 3 rings (SSSR count). The van der Waals surface area contributed by atoms with Gasteiger partial charge in [-0.2, -0.15) is 0 Å². The van der Waals surface area contributed by atoms with E-state index in [9.17, 15) is 0 Å². The molecule has 0 fully saturated rings. The number of nitrogens with zero attached hydrogens (tertiary/aromatic N) is 2. The molecule has 4 heteroatoms. The third-order valence-electron chi connectivity index (χ3n) is 4.50. The fourth-order valence-corrected chi connectivity index (χ4v) is 3.12. The average molecular weight is 323 g/mol. The predicted octanol–water partition coefficient (Wildman–Crippen LogP) is 2.87. The van der Waals surface area contributed by atoms with Crippen molar-refractivity contribution in [2.75, 3.05) is 27.2 Å². The van der Waals surface area contributed by atoms with Gasteiger partial charge in [0.05, 0.1) is 7.11 Å². The summed E-state index contributed by atoms with van der Waals surface area (Å²) >= 11 is 0. The normalized spacial score (nSPS) is 14.2. The van der Waals surface area contributed by atoms with E-state index in [1.165, 1.54) is 16.7 Å². The Morgan fingerprint density at radius 2 is 1.88 bits per heavy atom. The van der Waals surface area contributed by atoms with Crippen molar-refractivity contribution in [3.05, 3.63) is 65.2 Å². The summed E-state index contributed by atoms with van der Waals surface area (Å²) in [6.45, 7) is 2.81. The summed E-state index contributed by atoms with van der Waals surface area (Å²) in [7, 11) is 3.55. The topological polar surface area (TPSA) is 36.9 Å². The molecule has 1 aliphatic rings. The molecule has 0 radical (unpaired) electrons. The van der Waals surface area contributed by atoms with Crippen LogP contribution >= 0.6 is 0 Å². The summed E-state index contributed by atoms with van der Waals surface area (Å²) < 4.78 is 5.20. The Morgan fingerprint density at radius 3 is 2.58 bits per heavy atom. The lowest BCUT2D eigenvalue weighted by Gasteiger charge is -2.31. The van der Waals surface area contributed by atoms with Gasteiger partial charge in [-0.3, -0.25) is 4.99 Å². The third kappa shape index (κ3) is 3.88. The number of rotatable bonds is 4. The predicted molar refractivity (Wildman–Crippen MR) is 98.6 cm³/mol. The second-order valence-electron chi connectivity index (χ2n) is 6.01. The van der Waals surface area contributed by atoms with Gasteiger partial charge in [0, 0.05) is 26.7 Å². The van der Waals surface area contributed by atoms with Gasteiger partial charge in [-0.1, -0.05) is 36.4 Å². The number of aliphatic imine (C=N–C) groups is 1. The molecule has 0 aromatic heterocycles. The molecule has 2 aromatic rings. The summed E-state index contributed by atoms with van der Waals surface area (Å²) in [6, 6.07) is 16.9. The summed E-state index contributed by atoms with van der Waals surface area (Å²) in [4.78, 5) is 6.78. The van der Waals surface area contributed by atoms with Gasteiger partial charge in [0.1, 0.15) is 5.75 Å². The zero-order valence-corrected chi connectivity index (χ0v) is 14.5. The van der Waals surface area contributed by atoms with Gasteiger partial charge in [0.25, 0.3) is 0 Å². The average Bonchev–Trinajstić information content (AvgIpc) is 2.65. The zero-order chi connectivity index (χ0) is 16.8. The van der Waals surface area contributed by atoms with E-state index in [0.717, 1.165) is 44.2 Å². The van der Waals surface area contributed by atoms with Crippen LogP contribution < -0.4 is 10.1 Å². The molecule has 0 saturated carbocycles. The lowest BCUT2D eigenvalue weighted by molar-refractivity contribution is 0.379. The highest BCUT2D eigenvalue weighted by Crippen LogP contribution is 2.18. The Hall–Kier alpha value is -2.49. The highest BCUT2D eigenvalue weighted by Gasteiger charge is 2.18. The van der Waals surface area contributed by atoms with Gasteiger partial charge in [-0.15, -0.1) is 0 Å². The Labute approximate surface area is 144 Å². The Balaban J connectivity index is 1.54. The molecule has 126 valence electrons. The van der Waals surface area contributed by atoms with Crippen LogP contribution in [0.15, 0.2) is 53.5 Å². The van der Waals surface area contributed by atoms with Crippen LogP contribution in [-0.2, 0) is 19.4 Å². The fourth-order valence-electron chi connectivity index (χ4n) is 3.12. The van der Waals surface area contributed by atoms with Gasteiger partial charge in [0.2, 0.25) is 0 Å². The van der Waals surface area contributed by atoms with Crippen LogP contribution in [0.2, 0.25) is 0 Å². The second kappa shape index (κ2) is 7.86. The van der Waals surface area contributed by atoms with E-state index in [-0.39, 0.29) is 0 Å². The monoisotopic (exact) mass is 323 g/mol. The van der Waals surface area contributed by atoms with Crippen LogP contribution in [0.5, 0.6) is 5.75 Å². The first-order valence-electron chi connectivity index (χ1n) is 8.45. The molecule has 1 heterocycles. The van der Waals surface area contributed by atoms with E-state index in [2.05, 4.69) is 51.6 Å². The number of hydrogen-bond donors (Lipinski definition) is 1. The maximum atomic E-state index is 5.20. The standard InChI is InChI=1S/C20H25N3O/c1-21-20(22-13-11-16-7-9-19(24-2)10-8-16)23-14-12-17-5-3-4-6-18(17)15-23/h3-10H,11-15H2,1-2H3,(H,21,22). The first-order valence-corrected chi connectivity index (χ1v) is 8.45. The fraction of sp³-hybridized carbons (Fsp3) is 0.350. The van der Waals surface area contributed by atoms with Crippen molar-refractivity contribution in [2.24, 2.45) is 4.99 Å². The molecule has 1 N–H and O–H groups in total. The van der Waals surface area contributed by atoms with Gasteiger partial charge in [-0.05, 0) is 41.7 Å². The summed E-state index contributed by atoms with van der Waals surface area (Å²) in [5.74, 6) is 1.88. The number of ether oxygens (including phenoxy) is 1. The molecule has 0 saturated heterocycles. The van der Waals surface area contributed by atoms with E-state index in [4.69, 9.17) is 4.74 Å². The highest BCUT2D eigenvalue weighted by atomic mass is 16.5. The van der Waals surface area contributed by atoms with Crippen LogP contribution in [0.25, 0.3) is 0 Å². The van der Waals surface area contributed by atoms with Crippen molar-refractivity contribution < 1.29 is 4.74 Å². The van der Waals surface area contributed by atoms with Gasteiger partial charge in [0.15, 0.2) is 5.96 Å². The molecule has 0 unspecified atom stereocenters. The third-order valence-corrected chi connectivity index (χ3v) is 4.50. The van der Waals surface area contributed by atoms with Crippen molar-refractivity contribution >= 4 is 5.96 Å². The van der Waals surface area contributed by atoms with Crippen LogP contribution in [-0.4, -0.2) is 38.1 Å². The molecular formula is C20H25N3O. The Kier molecular flexibility index (Phi) is 5.36. The molecule has 0 atom stereocenters. The molecule has 0 aliphatic carbocycles. The molecule has 4 nitrogen and oxygen atoms in total. The van der Waals surface area contributed by atoms with Crippen LogP contribution in [0.1, 0.15) is 16.7 Å². The summed E-state index contributed by atoms with van der Waals surface area (Å²) in [5, 5.41) is 3.49. The van der Waals surface area contributed by atoms with E-state index in [1.54, 1.807) is 7.11 Å². The summed E-state index contributed by atoms with van der Waals surface area (Å²) in [5.41, 5.74) is 4.16. The van der Waals surface area contributed by atoms with Crippen molar-refractivity contribution in [1.29, 1.82) is 0 Å². The van der Waals surface area contributed by atoms with E-state index >= 15 is 0 Å². The minimum Gasteiger partial charge on any atom is -0.497 e. The van der Waals surface area contributed by atoms with Crippen molar-refractivity contribution in [2.45, 2.75) is 19.4 Å². The van der Waals surface area contributed by atoms with E-state index < -0.39 is 0 Å². The van der Waals surface area contributed by atoms with Gasteiger partial charge >= 0.3 is 0 Å². The largest absolute Gasteiger partial charge is 0.497 e. The zero-order valence-electron chi connectivity index (χ0n) is 14.5. The molecule has 0 bridgehead atoms. The molecular weight excluding hydrogens is 298 g/mol. The number of hydrogen-bond acceptors (Lipinski definition) is 2. The summed E-state index contributed by atoms with van der Waals surface area (Å²) in [6.07, 6.45) is 2.04. The number of guanidine groups is 1. The van der Waals surface area contributed by atoms with Crippen LogP contribution in [0.4, 0.5) is 0 Å². The molecule has 0 amide bonds. The first kappa shape index (κ1) is 16.4. The number of nitrogens with one attached hydrogen (secondary N) is 1. The van der Waals surface area contributed by atoms with Crippen molar-refractivity contribution in [3.63, 3.8) is 0 Å². The van der Waals surface area contributed by atoms with Crippen molar-refractivity contribution in [1.82, 2.24) is 10.2 Å². The van der Waals surface area contributed by atoms with E-state index in [0.29, 0.717) is 0 Å². The number of fused-ring (bicyclic) bond motifs is 1. The SMILES string of the molecule is CN=C(NCCc1ccc(OC)cc1)N1CCc2ccccc2C1. The second-order valence-corrected chi connectivity index (χ2v) is 6.01. The van der Waals surface area contributed by atoms with Gasteiger partial charge < -0.3 is 15.0 Å². The minimum atomic E-state index is 0.872. The smallest absolute Gasteiger partial charge is 0.193 e. The van der Waals surface area contributed by atoms with Gasteiger partial charge in [-0.25, -0.2) is 0 Å². The maximum absolute atomic E-state index is 5.20. The Morgan fingerprint density at radius 1 is 1.12 bits per heavy atom. The molecule has 1 aliphatic heterocycles. The van der Waals surface area contributed by atoms with Crippen LogP contribution in [0, 0.1) is 0 Å². The Bertz CT molecular complexity index is 694. The molecule has 2 aromatic carbocycles. The lowest BCUT2D eigenvalue weighted by atomic mass is 10.0. The minimum absolute atomic E-state index is 0.872.